The number of hydrogen-bond acceptors (Lipinski definition) is 7. The van der Waals surface area contributed by atoms with Gasteiger partial charge in [0, 0.05) is 50.0 Å². The van der Waals surface area contributed by atoms with E-state index in [0.717, 1.165) is 65.5 Å². The molecule has 1 fully saturated rings. The second kappa shape index (κ2) is 11.8. The van der Waals surface area contributed by atoms with Gasteiger partial charge in [0.1, 0.15) is 23.8 Å². The van der Waals surface area contributed by atoms with Crippen LogP contribution in [0.4, 0.5) is 4.79 Å². The molecule has 4 heterocycles. The number of hydrogen-bond donors (Lipinski definition) is 0. The minimum atomic E-state index is -0.502. The molecule has 218 valence electrons. The van der Waals surface area contributed by atoms with Gasteiger partial charge in [0.25, 0.3) is 0 Å². The monoisotopic (exact) mass is 568 g/mol. The van der Waals surface area contributed by atoms with Crippen molar-refractivity contribution in [2.75, 3.05) is 26.2 Å². The largest absolute Gasteiger partial charge is 0.465 e. The third-order valence-corrected chi connectivity index (χ3v) is 7.28. The lowest BCUT2D eigenvalue weighted by molar-refractivity contribution is 0.0139. The molecular weight excluding hydrogens is 532 g/mol. The first-order valence-corrected chi connectivity index (χ1v) is 14.4. The number of carbonyl (C=O) groups excluding carboxylic acids is 1. The van der Waals surface area contributed by atoms with Crippen LogP contribution in [0.1, 0.15) is 44.7 Å². The highest BCUT2D eigenvalue weighted by Gasteiger charge is 2.27. The molecular formula is C33H36N4O5. The minimum Gasteiger partial charge on any atom is -0.465 e. The fourth-order valence-corrected chi connectivity index (χ4v) is 5.11. The van der Waals surface area contributed by atoms with Crippen LogP contribution in [-0.2, 0) is 20.8 Å². The van der Waals surface area contributed by atoms with Crippen LogP contribution in [0, 0.1) is 0 Å². The summed E-state index contributed by atoms with van der Waals surface area (Å²) in [5.41, 5.74) is 4.31. The van der Waals surface area contributed by atoms with E-state index < -0.39 is 5.60 Å². The molecule has 1 aromatic carbocycles. The van der Waals surface area contributed by atoms with Crippen LogP contribution >= 0.6 is 0 Å². The van der Waals surface area contributed by atoms with E-state index >= 15 is 0 Å². The quantitative estimate of drug-likeness (QED) is 0.329. The Bertz CT molecular complexity index is 1530. The Kier molecular flexibility index (Phi) is 7.75. The molecule has 0 spiro atoms. The van der Waals surface area contributed by atoms with E-state index in [4.69, 9.17) is 23.7 Å². The molecule has 2 aromatic heterocycles. The smallest absolute Gasteiger partial charge is 0.410 e. The molecule has 3 aromatic rings. The molecule has 1 saturated heterocycles. The summed E-state index contributed by atoms with van der Waals surface area (Å²) in [4.78, 5) is 16.6. The van der Waals surface area contributed by atoms with Gasteiger partial charge >= 0.3 is 6.09 Å². The normalized spacial score (nSPS) is 17.6. The molecule has 42 heavy (non-hydrogen) atoms. The van der Waals surface area contributed by atoms with Crippen LogP contribution in [0.25, 0.3) is 22.9 Å². The Morgan fingerprint density at radius 1 is 1.02 bits per heavy atom. The molecule has 1 aliphatic carbocycles. The van der Waals surface area contributed by atoms with Gasteiger partial charge in [0.05, 0.1) is 12.0 Å². The molecule has 1 amide bonds. The lowest BCUT2D eigenvalue weighted by Gasteiger charge is -2.35. The zero-order chi connectivity index (χ0) is 29.1. The molecule has 9 heteroatoms. The Morgan fingerprint density at radius 3 is 2.50 bits per heavy atom. The summed E-state index contributed by atoms with van der Waals surface area (Å²) < 4.78 is 25.0. The number of nitrogens with zero attached hydrogens (tertiary/aromatic N) is 4. The minimum absolute atomic E-state index is 0.258. The van der Waals surface area contributed by atoms with Crippen LogP contribution in [0.2, 0.25) is 0 Å². The predicted molar refractivity (Wildman–Crippen MR) is 159 cm³/mol. The highest BCUT2D eigenvalue weighted by Crippen LogP contribution is 2.31. The number of piperazine rings is 1. The molecule has 0 bridgehead atoms. The first kappa shape index (κ1) is 27.7. The lowest BCUT2D eigenvalue weighted by Crippen LogP contribution is -2.49. The van der Waals surface area contributed by atoms with Gasteiger partial charge in [0.15, 0.2) is 17.3 Å². The van der Waals surface area contributed by atoms with Gasteiger partial charge in [-0.3, -0.25) is 4.90 Å². The van der Waals surface area contributed by atoms with Crippen molar-refractivity contribution in [2.45, 2.75) is 45.8 Å². The Hall–Kier alpha value is -4.50. The Balaban J connectivity index is 1.15. The summed E-state index contributed by atoms with van der Waals surface area (Å²) >= 11 is 0. The third kappa shape index (κ3) is 6.36. The van der Waals surface area contributed by atoms with Gasteiger partial charge in [-0.2, -0.15) is 5.10 Å². The standard InChI is InChI=1S/C33H36N4O5/c1-33(2,3)42-32(38)36-17-15-35(16-18-36)20-26-21-37(34-31(26)28-10-7-19-40-28)27-13-11-25(12-14-27)30-23-39-22-29(41-30)24-8-5-4-6-9-24/h4-5,7-8,10-14,19,21-23H,6,9,15-18,20H2,1-3H3. The number of ether oxygens (including phenoxy) is 3. The van der Waals surface area contributed by atoms with Gasteiger partial charge in [-0.25, -0.2) is 9.48 Å². The maximum absolute atomic E-state index is 12.5. The summed E-state index contributed by atoms with van der Waals surface area (Å²) in [5.74, 6) is 2.13. The SMILES string of the molecule is CC(C)(C)OC(=O)N1CCN(Cc2cn(-c3ccc(C4=COC=C(C5=CC=CCC5)O4)cc3)nc2-c2ccco2)CC1. The summed E-state index contributed by atoms with van der Waals surface area (Å²) in [7, 11) is 0. The number of benzene rings is 1. The van der Waals surface area contributed by atoms with Gasteiger partial charge in [-0.05, 0) is 75.6 Å². The second-order valence-electron chi connectivity index (χ2n) is 11.6. The third-order valence-electron chi connectivity index (χ3n) is 7.28. The van der Waals surface area contributed by atoms with E-state index in [1.165, 1.54) is 0 Å². The first-order chi connectivity index (χ1) is 20.3. The highest BCUT2D eigenvalue weighted by atomic mass is 16.6. The van der Waals surface area contributed by atoms with Crippen LogP contribution in [0.5, 0.6) is 0 Å². The van der Waals surface area contributed by atoms with Crippen LogP contribution in [0.3, 0.4) is 0 Å². The maximum atomic E-state index is 12.5. The van der Waals surface area contributed by atoms with Gasteiger partial charge in [-0.15, -0.1) is 0 Å². The average Bonchev–Trinajstić information content (AvgIpc) is 3.68. The number of furan rings is 1. The molecule has 6 rings (SSSR count). The fourth-order valence-electron chi connectivity index (χ4n) is 5.11. The number of rotatable bonds is 6. The van der Waals surface area contributed by atoms with Gasteiger partial charge in [-0.1, -0.05) is 18.2 Å². The van der Waals surface area contributed by atoms with Crippen molar-refractivity contribution < 1.29 is 23.4 Å². The molecule has 0 unspecified atom stereocenters. The maximum Gasteiger partial charge on any atom is 0.410 e. The molecule has 9 nitrogen and oxygen atoms in total. The summed E-state index contributed by atoms with van der Waals surface area (Å²) in [6.45, 7) is 9.08. The van der Waals surface area contributed by atoms with E-state index in [-0.39, 0.29) is 6.09 Å². The predicted octanol–water partition coefficient (Wildman–Crippen LogP) is 6.65. The van der Waals surface area contributed by atoms with Crippen molar-refractivity contribution in [3.8, 4) is 17.1 Å². The van der Waals surface area contributed by atoms with Crippen molar-refractivity contribution >= 4 is 11.9 Å². The molecule has 0 atom stereocenters. The van der Waals surface area contributed by atoms with Crippen molar-refractivity contribution in [1.29, 1.82) is 0 Å². The van der Waals surface area contributed by atoms with E-state index in [2.05, 4.69) is 29.3 Å². The summed E-state index contributed by atoms with van der Waals surface area (Å²) in [6.07, 6.45) is 14.9. The molecule has 3 aliphatic rings. The topological polar surface area (TPSA) is 82.2 Å². The summed E-state index contributed by atoms with van der Waals surface area (Å²) in [5, 5.41) is 4.91. The van der Waals surface area contributed by atoms with Crippen LogP contribution in [-0.4, -0.2) is 57.5 Å². The van der Waals surface area contributed by atoms with E-state index in [1.54, 1.807) is 23.7 Å². The molecule has 0 saturated carbocycles. The Morgan fingerprint density at radius 2 is 1.81 bits per heavy atom. The van der Waals surface area contributed by atoms with Crippen molar-refractivity contribution in [1.82, 2.24) is 19.6 Å². The zero-order valence-electron chi connectivity index (χ0n) is 24.3. The first-order valence-electron chi connectivity index (χ1n) is 14.4. The number of aromatic nitrogens is 2. The lowest BCUT2D eigenvalue weighted by atomic mass is 10.0. The van der Waals surface area contributed by atoms with Gasteiger partial charge < -0.3 is 23.5 Å². The number of allylic oxidation sites excluding steroid dienone is 4. The number of carbonyl (C=O) groups is 1. The average molecular weight is 569 g/mol. The van der Waals surface area contributed by atoms with Crippen molar-refractivity contribution in [3.63, 3.8) is 0 Å². The molecule has 0 radical (unpaired) electrons. The highest BCUT2D eigenvalue weighted by molar-refractivity contribution is 5.68. The van der Waals surface area contributed by atoms with E-state index in [9.17, 15) is 4.79 Å². The fraction of sp³-hybridized carbons (Fsp3) is 0.333. The zero-order valence-corrected chi connectivity index (χ0v) is 24.3. The van der Waals surface area contributed by atoms with Crippen LogP contribution in [0.15, 0.2) is 95.4 Å². The number of amides is 1. The van der Waals surface area contributed by atoms with Gasteiger partial charge in [0.2, 0.25) is 0 Å². The van der Waals surface area contributed by atoms with E-state index in [0.29, 0.717) is 25.4 Å². The second-order valence-corrected chi connectivity index (χ2v) is 11.6. The summed E-state index contributed by atoms with van der Waals surface area (Å²) in [6, 6.07) is 11.8. The molecule has 2 aliphatic heterocycles. The van der Waals surface area contributed by atoms with Crippen molar-refractivity contribution in [2.24, 2.45) is 0 Å². The van der Waals surface area contributed by atoms with E-state index in [1.807, 2.05) is 61.9 Å². The Labute approximate surface area is 245 Å². The van der Waals surface area contributed by atoms with Crippen molar-refractivity contribution in [3.05, 3.63) is 102 Å². The molecule has 0 N–H and O–H groups in total. The van der Waals surface area contributed by atoms with Crippen LogP contribution < -0.4 is 0 Å².